The number of aromatic amines is 1. The number of hydrogen-bond acceptors (Lipinski definition) is 3. The summed E-state index contributed by atoms with van der Waals surface area (Å²) < 4.78 is 0. The molecular formula is C25H30N4O2. The van der Waals surface area contributed by atoms with Gasteiger partial charge in [-0.25, -0.2) is 0 Å². The number of fused-ring (bicyclic) bond motifs is 1. The fourth-order valence-corrected chi connectivity index (χ4v) is 4.27. The third kappa shape index (κ3) is 5.52. The van der Waals surface area contributed by atoms with Gasteiger partial charge in [0.15, 0.2) is 0 Å². The van der Waals surface area contributed by atoms with Crippen LogP contribution in [0.25, 0.3) is 10.9 Å². The van der Waals surface area contributed by atoms with E-state index < -0.39 is 6.04 Å². The lowest BCUT2D eigenvalue weighted by atomic mass is 10.1. The maximum Gasteiger partial charge on any atom is 0.237 e. The van der Waals surface area contributed by atoms with Crippen molar-refractivity contribution in [2.75, 3.05) is 19.6 Å². The first-order valence-electron chi connectivity index (χ1n) is 11.0. The van der Waals surface area contributed by atoms with Gasteiger partial charge in [0.05, 0.1) is 12.5 Å². The SMILES string of the molecule is Cc1cc2cc(CNC(=O)C[C@H]3C(=O)NCCN3CCCc3ccccc3)ccc2[nH]1. The van der Waals surface area contributed by atoms with Crippen LogP contribution in [0.3, 0.4) is 0 Å². The molecule has 0 bridgehead atoms. The second-order valence-electron chi connectivity index (χ2n) is 8.29. The van der Waals surface area contributed by atoms with Crippen LogP contribution in [0.2, 0.25) is 0 Å². The molecule has 2 heterocycles. The smallest absolute Gasteiger partial charge is 0.237 e. The lowest BCUT2D eigenvalue weighted by Gasteiger charge is -2.34. The highest BCUT2D eigenvalue weighted by Gasteiger charge is 2.31. The van der Waals surface area contributed by atoms with Gasteiger partial charge in [-0.3, -0.25) is 14.5 Å². The van der Waals surface area contributed by atoms with Gasteiger partial charge < -0.3 is 15.6 Å². The molecule has 0 aliphatic carbocycles. The molecule has 3 aromatic rings. The van der Waals surface area contributed by atoms with Gasteiger partial charge in [0.25, 0.3) is 0 Å². The Balaban J connectivity index is 1.30. The zero-order valence-electron chi connectivity index (χ0n) is 18.0. The van der Waals surface area contributed by atoms with E-state index in [-0.39, 0.29) is 18.2 Å². The molecule has 0 radical (unpaired) electrons. The molecular weight excluding hydrogens is 388 g/mol. The summed E-state index contributed by atoms with van der Waals surface area (Å²) in [4.78, 5) is 30.5. The van der Waals surface area contributed by atoms with Crippen LogP contribution in [0.15, 0.2) is 54.6 Å². The van der Waals surface area contributed by atoms with Crippen molar-refractivity contribution in [3.8, 4) is 0 Å². The summed E-state index contributed by atoms with van der Waals surface area (Å²) in [5.41, 5.74) is 4.56. The van der Waals surface area contributed by atoms with Crippen molar-refractivity contribution in [3.63, 3.8) is 0 Å². The van der Waals surface area contributed by atoms with Crippen LogP contribution in [0, 0.1) is 6.92 Å². The summed E-state index contributed by atoms with van der Waals surface area (Å²) in [5.74, 6) is -0.147. The summed E-state index contributed by atoms with van der Waals surface area (Å²) >= 11 is 0. The summed E-state index contributed by atoms with van der Waals surface area (Å²) in [6.07, 6.45) is 2.12. The number of carbonyl (C=O) groups excluding carboxylic acids is 2. The largest absolute Gasteiger partial charge is 0.359 e. The first-order valence-corrected chi connectivity index (χ1v) is 11.0. The number of rotatable bonds is 8. The number of carbonyl (C=O) groups is 2. The average Bonchev–Trinajstić information content (AvgIpc) is 3.14. The van der Waals surface area contributed by atoms with Crippen molar-refractivity contribution in [3.05, 3.63) is 71.4 Å². The maximum atomic E-state index is 12.6. The van der Waals surface area contributed by atoms with Crippen molar-refractivity contribution in [1.82, 2.24) is 20.5 Å². The number of nitrogens with one attached hydrogen (secondary N) is 3. The maximum absolute atomic E-state index is 12.6. The van der Waals surface area contributed by atoms with E-state index in [0.717, 1.165) is 48.1 Å². The van der Waals surface area contributed by atoms with Gasteiger partial charge in [-0.05, 0) is 61.0 Å². The second-order valence-corrected chi connectivity index (χ2v) is 8.29. The molecule has 1 fully saturated rings. The minimum absolute atomic E-state index is 0.0506. The highest BCUT2D eigenvalue weighted by Crippen LogP contribution is 2.17. The Bertz CT molecular complexity index is 1040. The molecule has 1 saturated heterocycles. The zero-order chi connectivity index (χ0) is 21.6. The number of benzene rings is 2. The Hall–Kier alpha value is -3.12. The quantitative estimate of drug-likeness (QED) is 0.526. The van der Waals surface area contributed by atoms with Crippen molar-refractivity contribution in [1.29, 1.82) is 0 Å². The van der Waals surface area contributed by atoms with E-state index in [9.17, 15) is 9.59 Å². The van der Waals surface area contributed by atoms with Gasteiger partial charge in [0.1, 0.15) is 0 Å². The molecule has 6 heteroatoms. The lowest BCUT2D eigenvalue weighted by Crippen LogP contribution is -2.56. The standard InChI is InChI=1S/C25H30N4O2/c1-18-14-21-15-20(9-10-22(21)28-18)17-27-24(30)16-23-25(31)26-11-13-29(23)12-5-8-19-6-3-2-4-7-19/h2-4,6-7,9-10,14-15,23,28H,5,8,11-13,16-17H2,1H3,(H,26,31)(H,27,30)/t23-/m0/s1. The van der Waals surface area contributed by atoms with E-state index in [2.05, 4.69) is 44.8 Å². The molecule has 0 unspecified atom stereocenters. The van der Waals surface area contributed by atoms with Crippen LogP contribution in [0.4, 0.5) is 0 Å². The van der Waals surface area contributed by atoms with E-state index in [1.165, 1.54) is 5.56 Å². The number of aryl methyl sites for hydroxylation is 2. The molecule has 1 aliphatic heterocycles. The molecule has 2 amide bonds. The fraction of sp³-hybridized carbons (Fsp3) is 0.360. The first kappa shape index (κ1) is 21.1. The van der Waals surface area contributed by atoms with Crippen LogP contribution < -0.4 is 10.6 Å². The normalized spacial score (nSPS) is 16.9. The molecule has 6 nitrogen and oxygen atoms in total. The van der Waals surface area contributed by atoms with Crippen LogP contribution in [-0.4, -0.2) is 47.4 Å². The Labute approximate surface area is 183 Å². The predicted molar refractivity (Wildman–Crippen MR) is 123 cm³/mol. The molecule has 0 spiro atoms. The third-order valence-electron chi connectivity index (χ3n) is 5.88. The summed E-state index contributed by atoms with van der Waals surface area (Å²) in [7, 11) is 0. The number of amides is 2. The first-order chi connectivity index (χ1) is 15.1. The number of piperazine rings is 1. The molecule has 3 N–H and O–H groups in total. The zero-order valence-corrected chi connectivity index (χ0v) is 18.0. The van der Waals surface area contributed by atoms with Crippen molar-refractivity contribution < 1.29 is 9.59 Å². The van der Waals surface area contributed by atoms with Gasteiger partial charge in [0, 0.05) is 30.8 Å². The van der Waals surface area contributed by atoms with E-state index in [1.807, 2.05) is 37.3 Å². The predicted octanol–water partition coefficient (Wildman–Crippen LogP) is 2.92. The Morgan fingerprint density at radius 2 is 1.97 bits per heavy atom. The Kier molecular flexibility index (Phi) is 6.67. The van der Waals surface area contributed by atoms with E-state index in [0.29, 0.717) is 13.1 Å². The van der Waals surface area contributed by atoms with Gasteiger partial charge >= 0.3 is 0 Å². The van der Waals surface area contributed by atoms with Gasteiger partial charge in [-0.15, -0.1) is 0 Å². The molecule has 4 rings (SSSR count). The highest BCUT2D eigenvalue weighted by atomic mass is 16.2. The van der Waals surface area contributed by atoms with Crippen molar-refractivity contribution in [2.45, 2.75) is 38.8 Å². The summed E-state index contributed by atoms with van der Waals surface area (Å²) in [6, 6.07) is 18.2. The molecule has 0 saturated carbocycles. The molecule has 1 aromatic heterocycles. The van der Waals surface area contributed by atoms with Crippen LogP contribution in [0.5, 0.6) is 0 Å². The summed E-state index contributed by atoms with van der Waals surface area (Å²) in [6.45, 7) is 4.72. The van der Waals surface area contributed by atoms with Gasteiger partial charge in [-0.1, -0.05) is 36.4 Å². The monoisotopic (exact) mass is 418 g/mol. The third-order valence-corrected chi connectivity index (χ3v) is 5.88. The molecule has 162 valence electrons. The highest BCUT2D eigenvalue weighted by molar-refractivity contribution is 5.89. The van der Waals surface area contributed by atoms with E-state index in [1.54, 1.807) is 0 Å². The lowest BCUT2D eigenvalue weighted by molar-refractivity contribution is -0.134. The Morgan fingerprint density at radius 3 is 2.81 bits per heavy atom. The number of aromatic nitrogens is 1. The number of hydrogen-bond donors (Lipinski definition) is 3. The Morgan fingerprint density at radius 1 is 1.13 bits per heavy atom. The average molecular weight is 419 g/mol. The number of H-pyrrole nitrogens is 1. The van der Waals surface area contributed by atoms with Crippen LogP contribution in [0.1, 0.15) is 29.7 Å². The van der Waals surface area contributed by atoms with E-state index >= 15 is 0 Å². The molecule has 2 aromatic carbocycles. The number of nitrogens with zero attached hydrogens (tertiary/aromatic N) is 1. The van der Waals surface area contributed by atoms with Crippen molar-refractivity contribution >= 4 is 22.7 Å². The minimum atomic E-state index is -0.403. The van der Waals surface area contributed by atoms with Gasteiger partial charge in [-0.2, -0.15) is 0 Å². The topological polar surface area (TPSA) is 77.2 Å². The van der Waals surface area contributed by atoms with Crippen LogP contribution in [-0.2, 0) is 22.6 Å². The van der Waals surface area contributed by atoms with Crippen LogP contribution >= 0.6 is 0 Å². The molecule has 31 heavy (non-hydrogen) atoms. The van der Waals surface area contributed by atoms with Gasteiger partial charge in [0.2, 0.25) is 11.8 Å². The van der Waals surface area contributed by atoms with E-state index in [4.69, 9.17) is 0 Å². The summed E-state index contributed by atoms with van der Waals surface area (Å²) in [5, 5.41) is 7.03. The minimum Gasteiger partial charge on any atom is -0.359 e. The molecule has 1 aliphatic rings. The fourth-order valence-electron chi connectivity index (χ4n) is 4.27. The molecule has 1 atom stereocenters. The second kappa shape index (κ2) is 9.79. The van der Waals surface area contributed by atoms with Crippen molar-refractivity contribution in [2.24, 2.45) is 0 Å².